The van der Waals surface area contributed by atoms with Crippen LogP contribution in [0, 0.1) is 10.7 Å². The molecule has 1 saturated carbocycles. The topological polar surface area (TPSA) is 65.0 Å². The number of ether oxygens (including phenoxy) is 2. The van der Waals surface area contributed by atoms with Gasteiger partial charge in [-0.1, -0.05) is 0 Å². The van der Waals surface area contributed by atoms with Gasteiger partial charge in [0.1, 0.15) is 11.8 Å². The normalized spacial score (nSPS) is 15.0. The molecule has 1 fully saturated rings. The number of aromatic nitrogens is 4. The number of nitrogens with zero attached hydrogens (tertiary/aromatic N) is 3. The summed E-state index contributed by atoms with van der Waals surface area (Å²) in [5, 5.41) is 0. The Morgan fingerprint density at radius 1 is 1.47 bits per heavy atom. The maximum atomic E-state index is 5.64. The summed E-state index contributed by atoms with van der Waals surface area (Å²) >= 11 is 5.30. The number of aromatic amines is 1. The predicted octanol–water partition coefficient (Wildman–Crippen LogP) is 1.92. The van der Waals surface area contributed by atoms with E-state index < -0.39 is 0 Å². The Morgan fingerprint density at radius 2 is 2.32 bits per heavy atom. The van der Waals surface area contributed by atoms with Crippen LogP contribution in [0.3, 0.4) is 0 Å². The Labute approximate surface area is 115 Å². The molecule has 2 heterocycles. The molecule has 0 radical (unpaired) electrons. The van der Waals surface area contributed by atoms with Crippen LogP contribution in [-0.2, 0) is 11.3 Å². The molecule has 0 atom stereocenters. The molecule has 2 aromatic heterocycles. The van der Waals surface area contributed by atoms with Crippen LogP contribution < -0.4 is 4.74 Å². The van der Waals surface area contributed by atoms with E-state index in [0.717, 1.165) is 23.7 Å². The van der Waals surface area contributed by atoms with Gasteiger partial charge in [-0.3, -0.25) is 4.57 Å². The molecule has 0 saturated heterocycles. The van der Waals surface area contributed by atoms with Gasteiger partial charge in [0.15, 0.2) is 10.4 Å². The lowest BCUT2D eigenvalue weighted by Crippen LogP contribution is -2.08. The highest BCUT2D eigenvalue weighted by Gasteiger charge is 2.21. The molecule has 6 nitrogen and oxygen atoms in total. The van der Waals surface area contributed by atoms with Gasteiger partial charge in [-0.2, -0.15) is 4.98 Å². The van der Waals surface area contributed by atoms with E-state index in [1.54, 1.807) is 7.11 Å². The van der Waals surface area contributed by atoms with Gasteiger partial charge in [0.2, 0.25) is 5.88 Å². The van der Waals surface area contributed by atoms with Crippen molar-refractivity contribution in [2.75, 3.05) is 20.3 Å². The Balaban J connectivity index is 1.77. The summed E-state index contributed by atoms with van der Waals surface area (Å²) in [4.78, 5) is 11.4. The standard InChI is InChI=1S/C12H16N4O2S/c1-17-11-9-10(13-7-14-11)16(12(19)15-9)4-5-18-6-8-2-3-8/h7-8H,2-6H2,1H3,(H,15,19). The van der Waals surface area contributed by atoms with E-state index in [-0.39, 0.29) is 0 Å². The van der Waals surface area contributed by atoms with E-state index in [2.05, 4.69) is 15.0 Å². The van der Waals surface area contributed by atoms with Gasteiger partial charge in [-0.05, 0) is 31.0 Å². The average Bonchev–Trinajstić information content (AvgIpc) is 3.18. The monoisotopic (exact) mass is 280 g/mol. The summed E-state index contributed by atoms with van der Waals surface area (Å²) in [7, 11) is 1.58. The second-order valence-electron chi connectivity index (χ2n) is 4.68. The SMILES string of the molecule is COc1ncnc2c1[nH]c(=S)n2CCOCC1CC1. The van der Waals surface area contributed by atoms with Crippen molar-refractivity contribution in [3.8, 4) is 5.88 Å². The summed E-state index contributed by atoms with van der Waals surface area (Å²) in [6, 6.07) is 0. The van der Waals surface area contributed by atoms with Gasteiger partial charge in [-0.15, -0.1) is 0 Å². The lowest BCUT2D eigenvalue weighted by Gasteiger charge is -2.05. The van der Waals surface area contributed by atoms with E-state index in [9.17, 15) is 0 Å². The van der Waals surface area contributed by atoms with Crippen LogP contribution in [0.4, 0.5) is 0 Å². The number of H-pyrrole nitrogens is 1. The lowest BCUT2D eigenvalue weighted by molar-refractivity contribution is 0.117. The Morgan fingerprint density at radius 3 is 3.05 bits per heavy atom. The molecule has 0 bridgehead atoms. The fourth-order valence-electron chi connectivity index (χ4n) is 2.00. The zero-order valence-corrected chi connectivity index (χ0v) is 11.6. The molecule has 1 aliphatic carbocycles. The number of hydrogen-bond donors (Lipinski definition) is 1. The number of nitrogens with one attached hydrogen (secondary N) is 1. The number of hydrogen-bond acceptors (Lipinski definition) is 5. The largest absolute Gasteiger partial charge is 0.479 e. The second kappa shape index (κ2) is 5.26. The maximum Gasteiger partial charge on any atom is 0.242 e. The minimum absolute atomic E-state index is 0.508. The molecule has 102 valence electrons. The van der Waals surface area contributed by atoms with Gasteiger partial charge in [-0.25, -0.2) is 4.98 Å². The molecule has 0 aliphatic heterocycles. The zero-order chi connectivity index (χ0) is 13.2. The summed E-state index contributed by atoms with van der Waals surface area (Å²) < 4.78 is 13.4. The first-order valence-electron chi connectivity index (χ1n) is 6.35. The molecule has 0 spiro atoms. The molecule has 1 N–H and O–H groups in total. The predicted molar refractivity (Wildman–Crippen MR) is 72.8 cm³/mol. The molecule has 3 rings (SSSR count). The van der Waals surface area contributed by atoms with Gasteiger partial charge in [0, 0.05) is 6.61 Å². The first kappa shape index (κ1) is 12.6. The fourth-order valence-corrected chi connectivity index (χ4v) is 2.28. The minimum Gasteiger partial charge on any atom is -0.479 e. The van der Waals surface area contributed by atoms with Crippen molar-refractivity contribution in [2.24, 2.45) is 5.92 Å². The van der Waals surface area contributed by atoms with E-state index >= 15 is 0 Å². The molecule has 0 aromatic carbocycles. The number of methoxy groups -OCH3 is 1. The first-order valence-corrected chi connectivity index (χ1v) is 6.75. The molecule has 1 aliphatic rings. The Kier molecular flexibility index (Phi) is 3.48. The second-order valence-corrected chi connectivity index (χ2v) is 5.07. The first-order chi connectivity index (χ1) is 9.29. The highest BCUT2D eigenvalue weighted by Crippen LogP contribution is 2.28. The van der Waals surface area contributed by atoms with Crippen molar-refractivity contribution in [1.82, 2.24) is 19.5 Å². The number of imidazole rings is 1. The van der Waals surface area contributed by atoms with Crippen molar-refractivity contribution in [1.29, 1.82) is 0 Å². The Hall–Kier alpha value is -1.47. The molecule has 0 unspecified atom stereocenters. The van der Waals surface area contributed by atoms with Gasteiger partial charge < -0.3 is 14.5 Å². The minimum atomic E-state index is 0.508. The van der Waals surface area contributed by atoms with Crippen LogP contribution in [-0.4, -0.2) is 39.8 Å². The van der Waals surface area contributed by atoms with E-state index in [1.807, 2.05) is 4.57 Å². The average molecular weight is 280 g/mol. The number of rotatable bonds is 6. The fraction of sp³-hybridized carbons (Fsp3) is 0.583. The highest BCUT2D eigenvalue weighted by atomic mass is 32.1. The molecule has 7 heteroatoms. The molecular formula is C12H16N4O2S. The summed E-state index contributed by atoms with van der Waals surface area (Å²) in [5.41, 5.74) is 1.49. The van der Waals surface area contributed by atoms with Crippen molar-refractivity contribution in [3.63, 3.8) is 0 Å². The van der Waals surface area contributed by atoms with Crippen LogP contribution in [0.1, 0.15) is 12.8 Å². The van der Waals surface area contributed by atoms with E-state index in [4.69, 9.17) is 21.7 Å². The quantitative estimate of drug-likeness (QED) is 0.647. The van der Waals surface area contributed by atoms with Crippen LogP contribution >= 0.6 is 12.2 Å². The molecule has 0 amide bonds. The number of fused-ring (bicyclic) bond motifs is 1. The summed E-state index contributed by atoms with van der Waals surface area (Å²) in [6.45, 7) is 2.18. The third-order valence-corrected chi connectivity index (χ3v) is 3.55. The van der Waals surface area contributed by atoms with Crippen LogP contribution in [0.2, 0.25) is 0 Å². The van der Waals surface area contributed by atoms with Crippen molar-refractivity contribution >= 4 is 23.4 Å². The van der Waals surface area contributed by atoms with Crippen LogP contribution in [0.5, 0.6) is 5.88 Å². The summed E-state index contributed by atoms with van der Waals surface area (Å²) in [6.07, 6.45) is 4.08. The van der Waals surface area contributed by atoms with Gasteiger partial charge >= 0.3 is 0 Å². The summed E-state index contributed by atoms with van der Waals surface area (Å²) in [5.74, 6) is 1.28. The third kappa shape index (κ3) is 2.62. The van der Waals surface area contributed by atoms with Gasteiger partial charge in [0.25, 0.3) is 0 Å². The lowest BCUT2D eigenvalue weighted by atomic mass is 10.5. The van der Waals surface area contributed by atoms with Crippen molar-refractivity contribution in [3.05, 3.63) is 11.1 Å². The zero-order valence-electron chi connectivity index (χ0n) is 10.8. The van der Waals surface area contributed by atoms with Crippen molar-refractivity contribution in [2.45, 2.75) is 19.4 Å². The molecular weight excluding hydrogens is 264 g/mol. The molecule has 19 heavy (non-hydrogen) atoms. The highest BCUT2D eigenvalue weighted by molar-refractivity contribution is 7.71. The van der Waals surface area contributed by atoms with E-state index in [0.29, 0.717) is 23.8 Å². The maximum absolute atomic E-state index is 5.64. The van der Waals surface area contributed by atoms with E-state index in [1.165, 1.54) is 19.2 Å². The molecule has 2 aromatic rings. The third-order valence-electron chi connectivity index (χ3n) is 3.23. The smallest absolute Gasteiger partial charge is 0.242 e. The van der Waals surface area contributed by atoms with Crippen LogP contribution in [0.15, 0.2) is 6.33 Å². The van der Waals surface area contributed by atoms with Crippen molar-refractivity contribution < 1.29 is 9.47 Å². The van der Waals surface area contributed by atoms with Crippen LogP contribution in [0.25, 0.3) is 11.2 Å². The van der Waals surface area contributed by atoms with Gasteiger partial charge in [0.05, 0.1) is 20.3 Å². The Bertz CT molecular complexity index is 632.